The van der Waals surface area contributed by atoms with Crippen molar-refractivity contribution < 1.29 is 4.79 Å². The number of nitriles is 1. The summed E-state index contributed by atoms with van der Waals surface area (Å²) in [6.07, 6.45) is 0.593. The highest BCUT2D eigenvalue weighted by atomic mass is 32.1. The van der Waals surface area contributed by atoms with Gasteiger partial charge in [0.1, 0.15) is 5.51 Å². The van der Waals surface area contributed by atoms with E-state index in [1.165, 1.54) is 11.3 Å². The lowest BCUT2D eigenvalue weighted by molar-refractivity contribution is -0.125. The number of nitrogens with one attached hydrogen (secondary N) is 1. The number of hydrogen-bond donors (Lipinski definition) is 1. The maximum Gasteiger partial charge on any atom is 0.233 e. The van der Waals surface area contributed by atoms with Crippen LogP contribution in [0.3, 0.4) is 0 Å². The molecule has 3 aromatic carbocycles. The summed E-state index contributed by atoms with van der Waals surface area (Å²) in [4.78, 5) is 13.5. The summed E-state index contributed by atoms with van der Waals surface area (Å²) in [5, 5.41) is 22.9. The molecule has 0 unspecified atom stereocenters. The van der Waals surface area contributed by atoms with E-state index in [1.54, 1.807) is 5.51 Å². The zero-order valence-corrected chi connectivity index (χ0v) is 17.1. The zero-order chi connectivity index (χ0) is 20.7. The molecule has 1 aromatic heterocycles. The van der Waals surface area contributed by atoms with Gasteiger partial charge in [-0.3, -0.25) is 4.79 Å². The third-order valence-corrected chi connectivity index (χ3v) is 6.59. The molecule has 0 radical (unpaired) electrons. The first-order chi connectivity index (χ1) is 14.6. The average Bonchev–Trinajstić information content (AvgIpc) is 3.38. The van der Waals surface area contributed by atoms with Crippen LogP contribution in [0, 0.1) is 16.7 Å². The summed E-state index contributed by atoms with van der Waals surface area (Å²) in [6, 6.07) is 22.5. The first kappa shape index (κ1) is 18.5. The Hall–Kier alpha value is -3.56. The van der Waals surface area contributed by atoms with Crippen LogP contribution in [0.2, 0.25) is 0 Å². The molecule has 0 bridgehead atoms. The summed E-state index contributed by atoms with van der Waals surface area (Å²) in [7, 11) is 0. The normalized spacial score (nSPS) is 19.9. The lowest BCUT2D eigenvalue weighted by Crippen LogP contribution is -2.37. The SMILES string of the molecule is C[C@@]1(C(=O)Nc2nncs2)Cc2ccc(C#N)cc2[C@@H]1c1ccc2ccccc2c1. The van der Waals surface area contributed by atoms with Crippen molar-refractivity contribution in [2.24, 2.45) is 5.41 Å². The van der Waals surface area contributed by atoms with E-state index in [9.17, 15) is 10.1 Å². The fraction of sp³-hybridized carbons (Fsp3) is 0.167. The Balaban J connectivity index is 1.65. The van der Waals surface area contributed by atoms with E-state index in [0.29, 0.717) is 17.1 Å². The van der Waals surface area contributed by atoms with Crippen molar-refractivity contribution in [3.05, 3.63) is 88.4 Å². The van der Waals surface area contributed by atoms with E-state index in [2.05, 4.69) is 51.9 Å². The molecule has 0 fully saturated rings. The Morgan fingerprint density at radius 2 is 2.00 bits per heavy atom. The highest BCUT2D eigenvalue weighted by Gasteiger charge is 2.49. The fourth-order valence-electron chi connectivity index (χ4n) is 4.55. The standard InChI is InChI=1S/C24H18N4OS/c1-24(22(29)27-23-28-26-14-30-23)12-19-7-6-15(13-25)10-20(19)21(24)18-9-8-16-4-2-3-5-17(16)11-18/h2-11,14,21H,12H2,1H3,(H,27,28,29)/t21-,24+/m0/s1. The molecule has 1 aliphatic carbocycles. The largest absolute Gasteiger partial charge is 0.300 e. The molecule has 0 aliphatic heterocycles. The molecule has 0 saturated heterocycles. The topological polar surface area (TPSA) is 78.7 Å². The second-order valence-corrected chi connectivity index (χ2v) is 8.69. The fourth-order valence-corrected chi connectivity index (χ4v) is 4.99. The highest BCUT2D eigenvalue weighted by Crippen LogP contribution is 2.51. The maximum atomic E-state index is 13.5. The molecule has 1 N–H and O–H groups in total. The van der Waals surface area contributed by atoms with E-state index >= 15 is 0 Å². The zero-order valence-electron chi connectivity index (χ0n) is 16.3. The first-order valence-corrected chi connectivity index (χ1v) is 10.6. The molecule has 1 aliphatic rings. The predicted octanol–water partition coefficient (Wildman–Crippen LogP) is 4.90. The van der Waals surface area contributed by atoms with Crippen molar-refractivity contribution in [2.75, 3.05) is 5.32 Å². The van der Waals surface area contributed by atoms with Gasteiger partial charge in [0.05, 0.1) is 17.0 Å². The van der Waals surface area contributed by atoms with Gasteiger partial charge in [-0.05, 0) is 52.9 Å². The lowest BCUT2D eigenvalue weighted by Gasteiger charge is -2.31. The molecule has 1 heterocycles. The predicted molar refractivity (Wildman–Crippen MR) is 117 cm³/mol. The van der Waals surface area contributed by atoms with E-state index < -0.39 is 5.41 Å². The van der Waals surface area contributed by atoms with Crippen LogP contribution in [0.4, 0.5) is 5.13 Å². The lowest BCUT2D eigenvalue weighted by atomic mass is 9.73. The number of carbonyl (C=O) groups is 1. The van der Waals surface area contributed by atoms with Gasteiger partial charge in [-0.25, -0.2) is 0 Å². The quantitative estimate of drug-likeness (QED) is 0.521. The summed E-state index contributed by atoms with van der Waals surface area (Å²) < 4.78 is 0. The molecular formula is C24H18N4OS. The van der Waals surface area contributed by atoms with Gasteiger partial charge in [0.25, 0.3) is 0 Å². The molecule has 30 heavy (non-hydrogen) atoms. The third-order valence-electron chi connectivity index (χ3n) is 5.99. The number of rotatable bonds is 3. The number of carbonyl (C=O) groups excluding carboxylic acids is 1. The second-order valence-electron chi connectivity index (χ2n) is 7.86. The molecule has 146 valence electrons. The molecule has 6 heteroatoms. The average molecular weight is 411 g/mol. The van der Waals surface area contributed by atoms with Gasteiger partial charge < -0.3 is 5.32 Å². The van der Waals surface area contributed by atoms with E-state index in [4.69, 9.17) is 0 Å². The van der Waals surface area contributed by atoms with Gasteiger partial charge in [-0.1, -0.05) is 59.9 Å². The first-order valence-electron chi connectivity index (χ1n) is 9.68. The van der Waals surface area contributed by atoms with Crippen molar-refractivity contribution in [3.8, 4) is 6.07 Å². The van der Waals surface area contributed by atoms with E-state index in [-0.39, 0.29) is 11.8 Å². The summed E-state index contributed by atoms with van der Waals surface area (Å²) in [5.41, 5.74) is 4.69. The Kier molecular flexibility index (Phi) is 4.34. The van der Waals surface area contributed by atoms with Crippen LogP contribution in [0.5, 0.6) is 0 Å². The molecule has 0 saturated carbocycles. The number of anilines is 1. The van der Waals surface area contributed by atoms with Crippen LogP contribution in [0.15, 0.2) is 66.2 Å². The summed E-state index contributed by atoms with van der Waals surface area (Å²) >= 11 is 1.30. The van der Waals surface area contributed by atoms with Crippen LogP contribution in [-0.2, 0) is 11.2 Å². The highest BCUT2D eigenvalue weighted by molar-refractivity contribution is 7.13. The Morgan fingerprint density at radius 3 is 2.77 bits per heavy atom. The number of amides is 1. The summed E-state index contributed by atoms with van der Waals surface area (Å²) in [6.45, 7) is 2.00. The molecule has 4 aromatic rings. The third kappa shape index (κ3) is 2.95. The number of aromatic nitrogens is 2. The minimum absolute atomic E-state index is 0.0906. The van der Waals surface area contributed by atoms with Crippen LogP contribution in [0.25, 0.3) is 10.8 Å². The van der Waals surface area contributed by atoms with Crippen LogP contribution in [0.1, 0.15) is 35.1 Å². The van der Waals surface area contributed by atoms with Gasteiger partial charge in [0.15, 0.2) is 0 Å². The minimum Gasteiger partial charge on any atom is -0.300 e. The number of hydrogen-bond acceptors (Lipinski definition) is 5. The second kappa shape index (κ2) is 7.05. The van der Waals surface area contributed by atoms with Crippen LogP contribution < -0.4 is 5.32 Å². The van der Waals surface area contributed by atoms with Crippen molar-refractivity contribution in [3.63, 3.8) is 0 Å². The van der Waals surface area contributed by atoms with Crippen molar-refractivity contribution in [1.29, 1.82) is 5.26 Å². The summed E-state index contributed by atoms with van der Waals surface area (Å²) in [5.74, 6) is -0.259. The van der Waals surface area contributed by atoms with Crippen LogP contribution in [-0.4, -0.2) is 16.1 Å². The Morgan fingerprint density at radius 1 is 1.17 bits per heavy atom. The van der Waals surface area contributed by atoms with Gasteiger partial charge in [0, 0.05) is 5.92 Å². The molecular weight excluding hydrogens is 392 g/mol. The molecule has 2 atom stereocenters. The smallest absolute Gasteiger partial charge is 0.233 e. The minimum atomic E-state index is -0.718. The monoisotopic (exact) mass is 410 g/mol. The number of fused-ring (bicyclic) bond motifs is 2. The van der Waals surface area contributed by atoms with Crippen LogP contribution >= 0.6 is 11.3 Å². The molecule has 1 amide bonds. The maximum absolute atomic E-state index is 13.5. The van der Waals surface area contributed by atoms with E-state index in [1.807, 2.05) is 37.3 Å². The van der Waals surface area contributed by atoms with E-state index in [0.717, 1.165) is 27.5 Å². The Bertz CT molecular complexity index is 1310. The van der Waals surface area contributed by atoms with Gasteiger partial charge in [-0.2, -0.15) is 5.26 Å². The molecule has 5 nitrogen and oxygen atoms in total. The molecule has 5 rings (SSSR count). The van der Waals surface area contributed by atoms with Crippen molar-refractivity contribution >= 4 is 33.1 Å². The van der Waals surface area contributed by atoms with Gasteiger partial charge >= 0.3 is 0 Å². The Labute approximate surface area is 178 Å². The molecule has 0 spiro atoms. The number of benzene rings is 3. The van der Waals surface area contributed by atoms with Gasteiger partial charge in [-0.15, -0.1) is 10.2 Å². The van der Waals surface area contributed by atoms with Crippen molar-refractivity contribution in [1.82, 2.24) is 10.2 Å². The number of nitrogens with zero attached hydrogens (tertiary/aromatic N) is 3. The van der Waals surface area contributed by atoms with Gasteiger partial charge in [0.2, 0.25) is 11.0 Å². The van der Waals surface area contributed by atoms with Crippen molar-refractivity contribution in [2.45, 2.75) is 19.3 Å².